The van der Waals surface area contributed by atoms with E-state index in [9.17, 15) is 22.8 Å². The van der Waals surface area contributed by atoms with Crippen LogP contribution in [0.1, 0.15) is 33.6 Å². The van der Waals surface area contributed by atoms with E-state index in [2.05, 4.69) is 9.71 Å². The molecule has 0 spiro atoms. The number of benzene rings is 1. The largest absolute Gasteiger partial charge is 0.341 e. The van der Waals surface area contributed by atoms with Crippen molar-refractivity contribution in [1.82, 2.24) is 9.80 Å². The predicted octanol–water partition coefficient (Wildman–Crippen LogP) is 2.06. The zero-order chi connectivity index (χ0) is 21.3. The third kappa shape index (κ3) is 3.89. The minimum atomic E-state index is -4.07. The van der Waals surface area contributed by atoms with Crippen LogP contribution in [0.4, 0.5) is 10.5 Å². The third-order valence-electron chi connectivity index (χ3n) is 4.78. The van der Waals surface area contributed by atoms with Crippen molar-refractivity contribution in [2.24, 2.45) is 16.2 Å². The summed E-state index contributed by atoms with van der Waals surface area (Å²) in [6.45, 7) is 6.01. The average molecular weight is 420 g/mol. The van der Waals surface area contributed by atoms with Crippen LogP contribution in [-0.4, -0.2) is 55.0 Å². The molecule has 1 fully saturated rings. The van der Waals surface area contributed by atoms with Crippen molar-refractivity contribution in [3.63, 3.8) is 0 Å². The summed E-state index contributed by atoms with van der Waals surface area (Å²) in [4.78, 5) is 40.8. The summed E-state index contributed by atoms with van der Waals surface area (Å²) in [5.41, 5.74) is 0.241. The number of carbonyl (C=O) groups excluding carboxylic acids is 3. The van der Waals surface area contributed by atoms with E-state index in [0.717, 1.165) is 9.80 Å². The molecule has 29 heavy (non-hydrogen) atoms. The fourth-order valence-corrected chi connectivity index (χ4v) is 4.42. The van der Waals surface area contributed by atoms with Gasteiger partial charge in [0.25, 0.3) is 21.8 Å². The number of sulfonamides is 1. The lowest BCUT2D eigenvalue weighted by Crippen LogP contribution is -2.62. The lowest BCUT2D eigenvalue weighted by molar-refractivity contribution is -0.146. The summed E-state index contributed by atoms with van der Waals surface area (Å²) < 4.78 is 28.8. The normalized spacial score (nSPS) is 21.2. The van der Waals surface area contributed by atoms with Crippen molar-refractivity contribution in [3.8, 4) is 0 Å². The van der Waals surface area contributed by atoms with E-state index in [1.54, 1.807) is 12.1 Å². The Balaban J connectivity index is 2.02. The predicted molar refractivity (Wildman–Crippen MR) is 107 cm³/mol. The highest BCUT2D eigenvalue weighted by Crippen LogP contribution is 2.30. The average Bonchev–Trinajstić information content (AvgIpc) is 2.64. The fourth-order valence-electron chi connectivity index (χ4n) is 3.27. The van der Waals surface area contributed by atoms with Gasteiger partial charge >= 0.3 is 6.03 Å². The highest BCUT2D eigenvalue weighted by Gasteiger charge is 2.49. The van der Waals surface area contributed by atoms with Crippen molar-refractivity contribution in [1.29, 1.82) is 0 Å². The Kier molecular flexibility index (Phi) is 5.74. The summed E-state index contributed by atoms with van der Waals surface area (Å²) in [6.07, 6.45) is 1.08. The summed E-state index contributed by atoms with van der Waals surface area (Å²) >= 11 is 0. The van der Waals surface area contributed by atoms with Crippen LogP contribution in [0.25, 0.3) is 0 Å². The lowest BCUT2D eigenvalue weighted by Gasteiger charge is -2.37. The Hall–Kier alpha value is -2.75. The molecule has 1 atom stereocenters. The van der Waals surface area contributed by atoms with E-state index in [1.807, 2.05) is 20.8 Å². The fraction of sp³-hybridized carbons (Fsp3) is 0.474. The summed E-state index contributed by atoms with van der Waals surface area (Å²) in [5.74, 6) is -3.06. The van der Waals surface area contributed by atoms with Gasteiger partial charge in [-0.05, 0) is 30.9 Å². The number of para-hydroxylation sites is 1. The van der Waals surface area contributed by atoms with Crippen LogP contribution in [0.3, 0.4) is 0 Å². The number of anilines is 1. The minimum Gasteiger partial charge on any atom is -0.341 e. The molecule has 1 N–H and O–H groups in total. The van der Waals surface area contributed by atoms with E-state index in [4.69, 9.17) is 0 Å². The van der Waals surface area contributed by atoms with Crippen LogP contribution in [0, 0.1) is 11.8 Å². The van der Waals surface area contributed by atoms with E-state index in [1.165, 1.54) is 12.1 Å². The molecule has 3 rings (SSSR count). The summed E-state index contributed by atoms with van der Waals surface area (Å²) in [7, 11) is -4.07. The SMILES string of the molecule is CCCN1C(=O)C(C2=NS(=O)(=O)c3ccccc3N2)C(=O)N(CCC(C)C)C1=O. The van der Waals surface area contributed by atoms with Gasteiger partial charge in [-0.25, -0.2) is 4.79 Å². The van der Waals surface area contributed by atoms with Crippen LogP contribution in [0.2, 0.25) is 0 Å². The molecule has 0 bridgehead atoms. The second kappa shape index (κ2) is 7.94. The Labute approximate surface area is 169 Å². The van der Waals surface area contributed by atoms with Crippen molar-refractivity contribution in [2.45, 2.75) is 38.5 Å². The monoisotopic (exact) mass is 420 g/mol. The lowest BCUT2D eigenvalue weighted by atomic mass is 10.00. The van der Waals surface area contributed by atoms with E-state index < -0.39 is 33.8 Å². The molecule has 9 nitrogen and oxygen atoms in total. The number of amidine groups is 1. The maximum absolute atomic E-state index is 13.1. The van der Waals surface area contributed by atoms with Crippen molar-refractivity contribution < 1.29 is 22.8 Å². The van der Waals surface area contributed by atoms with E-state index in [0.29, 0.717) is 12.8 Å². The molecule has 2 aliphatic heterocycles. The van der Waals surface area contributed by atoms with Crippen molar-refractivity contribution in [3.05, 3.63) is 24.3 Å². The number of amides is 4. The van der Waals surface area contributed by atoms with Crippen LogP contribution >= 0.6 is 0 Å². The third-order valence-corrected chi connectivity index (χ3v) is 6.13. The van der Waals surface area contributed by atoms with Gasteiger partial charge in [-0.15, -0.1) is 4.40 Å². The van der Waals surface area contributed by atoms with Gasteiger partial charge in [-0.3, -0.25) is 19.4 Å². The Morgan fingerprint density at radius 1 is 1.07 bits per heavy atom. The van der Waals surface area contributed by atoms with Crippen LogP contribution in [-0.2, 0) is 19.6 Å². The van der Waals surface area contributed by atoms with E-state index >= 15 is 0 Å². The van der Waals surface area contributed by atoms with E-state index in [-0.39, 0.29) is 35.4 Å². The van der Waals surface area contributed by atoms with Crippen LogP contribution < -0.4 is 5.32 Å². The van der Waals surface area contributed by atoms with Gasteiger partial charge < -0.3 is 5.32 Å². The number of nitrogens with zero attached hydrogens (tertiary/aromatic N) is 3. The topological polar surface area (TPSA) is 116 Å². The number of fused-ring (bicyclic) bond motifs is 1. The molecule has 1 saturated heterocycles. The zero-order valence-electron chi connectivity index (χ0n) is 16.6. The van der Waals surface area contributed by atoms with Crippen molar-refractivity contribution >= 4 is 39.4 Å². The number of imide groups is 2. The number of urea groups is 1. The van der Waals surface area contributed by atoms with Crippen molar-refractivity contribution in [2.75, 3.05) is 18.4 Å². The second-order valence-corrected chi connectivity index (χ2v) is 9.02. The number of hydrogen-bond donors (Lipinski definition) is 1. The standard InChI is InChI=1S/C19H24N4O5S/c1-4-10-22-17(24)15(18(25)23(19(22)26)11-9-12(2)3)16-20-13-7-5-6-8-14(13)29(27,28)21-16/h5-8,12,15H,4,9-11H2,1-3H3,(H,20,21). The minimum absolute atomic E-state index is 0.0300. The van der Waals surface area contributed by atoms with Gasteiger partial charge in [0, 0.05) is 13.1 Å². The number of barbiturate groups is 1. The van der Waals surface area contributed by atoms with Gasteiger partial charge in [0.05, 0.1) is 5.69 Å². The first-order valence-corrected chi connectivity index (χ1v) is 11.0. The Morgan fingerprint density at radius 2 is 1.69 bits per heavy atom. The first kappa shape index (κ1) is 21.0. The maximum atomic E-state index is 13.1. The number of carbonyl (C=O) groups is 3. The second-order valence-electron chi connectivity index (χ2n) is 7.45. The number of hydrogen-bond acceptors (Lipinski definition) is 6. The quantitative estimate of drug-likeness (QED) is 0.704. The first-order chi connectivity index (χ1) is 13.7. The summed E-state index contributed by atoms with van der Waals surface area (Å²) in [5, 5.41) is 2.81. The molecular weight excluding hydrogens is 396 g/mol. The molecule has 0 saturated carbocycles. The molecule has 0 radical (unpaired) electrons. The Morgan fingerprint density at radius 3 is 2.31 bits per heavy atom. The number of nitrogens with one attached hydrogen (secondary N) is 1. The van der Waals surface area contributed by atoms with Gasteiger partial charge in [0.15, 0.2) is 5.92 Å². The molecule has 0 aliphatic carbocycles. The van der Waals surface area contributed by atoms with Gasteiger partial charge in [0.2, 0.25) is 0 Å². The zero-order valence-corrected chi connectivity index (χ0v) is 17.4. The molecule has 1 aromatic carbocycles. The Bertz CT molecular complexity index is 986. The molecule has 4 amide bonds. The molecule has 2 heterocycles. The summed E-state index contributed by atoms with van der Waals surface area (Å²) in [6, 6.07) is 5.45. The van der Waals surface area contributed by atoms with Gasteiger partial charge in [-0.1, -0.05) is 32.9 Å². The molecule has 0 aromatic heterocycles. The van der Waals surface area contributed by atoms with Gasteiger partial charge in [-0.2, -0.15) is 8.42 Å². The molecule has 1 unspecified atom stereocenters. The maximum Gasteiger partial charge on any atom is 0.333 e. The molecule has 10 heteroatoms. The molecule has 156 valence electrons. The smallest absolute Gasteiger partial charge is 0.333 e. The highest BCUT2D eigenvalue weighted by atomic mass is 32.2. The van der Waals surface area contributed by atoms with Crippen LogP contribution in [0.5, 0.6) is 0 Å². The molecule has 2 aliphatic rings. The number of rotatable bonds is 6. The molecular formula is C19H24N4O5S. The van der Waals surface area contributed by atoms with Gasteiger partial charge in [0.1, 0.15) is 10.7 Å². The van der Waals surface area contributed by atoms with Crippen LogP contribution in [0.15, 0.2) is 33.6 Å². The highest BCUT2D eigenvalue weighted by molar-refractivity contribution is 7.90. The molecule has 1 aromatic rings. The first-order valence-electron chi connectivity index (χ1n) is 9.55.